The van der Waals surface area contributed by atoms with E-state index in [9.17, 15) is 48.5 Å². The first kappa shape index (κ1) is 41.7. The van der Waals surface area contributed by atoms with Crippen LogP contribution in [0.5, 0.6) is 0 Å². The highest BCUT2D eigenvalue weighted by atomic mass is 32.2. The molecule has 0 saturated heterocycles. The number of amides is 1. The number of rotatable bonds is 14. The second kappa shape index (κ2) is 16.5. The van der Waals surface area contributed by atoms with Crippen molar-refractivity contribution in [3.63, 3.8) is 0 Å². The van der Waals surface area contributed by atoms with Crippen LogP contribution in [0.25, 0.3) is 33.4 Å². The number of hydrogen-bond donors (Lipinski definition) is 5. The van der Waals surface area contributed by atoms with Crippen LogP contribution in [0.15, 0.2) is 127 Å². The molecule has 0 bridgehead atoms. The zero-order valence-electron chi connectivity index (χ0n) is 30.4. The van der Waals surface area contributed by atoms with Gasteiger partial charge in [-0.05, 0) is 71.6 Å². The molecule has 6 rings (SSSR count). The van der Waals surface area contributed by atoms with Crippen molar-refractivity contribution < 1.29 is 58.0 Å². The molecule has 1 aliphatic carbocycles. The van der Waals surface area contributed by atoms with Gasteiger partial charge in [-0.3, -0.25) is 28.2 Å². The second-order valence-electron chi connectivity index (χ2n) is 13.2. The van der Waals surface area contributed by atoms with Crippen molar-refractivity contribution in [3.8, 4) is 22.5 Å². The number of benzene rings is 5. The molecule has 0 atom stereocenters. The van der Waals surface area contributed by atoms with Crippen molar-refractivity contribution in [1.82, 2.24) is 4.90 Å². The van der Waals surface area contributed by atoms with Crippen LogP contribution >= 0.6 is 0 Å². The van der Waals surface area contributed by atoms with Crippen LogP contribution in [0.1, 0.15) is 34.3 Å². The minimum absolute atomic E-state index is 0.102. The molecule has 0 saturated carbocycles. The van der Waals surface area contributed by atoms with Crippen LogP contribution in [0.2, 0.25) is 0 Å². The molecule has 0 spiro atoms. The lowest BCUT2D eigenvalue weighted by Crippen LogP contribution is -2.28. The molecule has 0 aromatic heterocycles. The fourth-order valence-electron chi connectivity index (χ4n) is 6.23. The van der Waals surface area contributed by atoms with Crippen molar-refractivity contribution in [2.75, 3.05) is 18.9 Å². The highest BCUT2D eigenvalue weighted by molar-refractivity contribution is 7.86. The predicted octanol–water partition coefficient (Wildman–Crippen LogP) is 5.59. The van der Waals surface area contributed by atoms with Gasteiger partial charge < -0.3 is 19.7 Å². The maximum absolute atomic E-state index is 13.9. The van der Waals surface area contributed by atoms with Crippen molar-refractivity contribution in [3.05, 3.63) is 125 Å². The zero-order valence-corrected chi connectivity index (χ0v) is 32.9. The van der Waals surface area contributed by atoms with Crippen molar-refractivity contribution in [2.24, 2.45) is 4.99 Å². The molecule has 19 heteroatoms. The lowest BCUT2D eigenvalue weighted by Gasteiger charge is -2.22. The summed E-state index contributed by atoms with van der Waals surface area (Å²) in [5.41, 5.74) is 3.07. The van der Waals surface area contributed by atoms with Gasteiger partial charge in [0.1, 0.15) is 16.2 Å². The van der Waals surface area contributed by atoms with E-state index in [0.29, 0.717) is 33.3 Å². The van der Waals surface area contributed by atoms with Gasteiger partial charge >= 0.3 is 5.97 Å². The van der Waals surface area contributed by atoms with Crippen LogP contribution in [-0.4, -0.2) is 74.4 Å². The third-order valence-corrected chi connectivity index (χ3v) is 11.7. The first-order valence-corrected chi connectivity index (χ1v) is 21.6. The molecule has 58 heavy (non-hydrogen) atoms. The molecule has 16 nitrogen and oxygen atoms in total. The normalized spacial score (nSPS) is 12.5. The molecule has 0 radical (unpaired) electrons. The lowest BCUT2D eigenvalue weighted by atomic mass is 9.90. The molecule has 2 aliphatic rings. The number of hydrogen-bond acceptors (Lipinski definition) is 11. The van der Waals surface area contributed by atoms with Gasteiger partial charge in [0.05, 0.1) is 21.7 Å². The van der Waals surface area contributed by atoms with Crippen LogP contribution in [-0.2, 0) is 48.2 Å². The maximum atomic E-state index is 13.9. The molecule has 0 unspecified atom stereocenters. The third-order valence-electron chi connectivity index (χ3n) is 9.11. The molecule has 4 aromatic carbocycles. The standard InChI is InChI=1S/C39H35N3O13S3/c1-42(18-4-7-37(43)44)39(45)30-6-3-2-5-29(30)38-31-17-12-26(40-22-24-8-13-27(14-9-24)56(46,47)48)19-34(31)55-35-21-33(36(20-32(35)38)58(52,53)54)41-23-25-10-15-28(16-11-25)57(49,50)51/h2-3,5-6,8-17,19-21,40H,4,7,18,22-23H2,1H3,(H,43,44)(H,46,47,48)(H,49,50,51)(H,52,53,54). The van der Waals surface area contributed by atoms with Crippen LogP contribution < -0.4 is 10.7 Å². The van der Waals surface area contributed by atoms with Gasteiger partial charge in [-0.15, -0.1) is 0 Å². The van der Waals surface area contributed by atoms with Gasteiger partial charge in [0.2, 0.25) is 0 Å². The Bertz CT molecular complexity index is 2930. The largest absolute Gasteiger partial charge is 0.481 e. The fraction of sp³-hybridized carbons (Fsp3) is 0.154. The van der Waals surface area contributed by atoms with E-state index in [1.807, 2.05) is 0 Å². The average Bonchev–Trinajstić information content (AvgIpc) is 3.16. The van der Waals surface area contributed by atoms with Gasteiger partial charge in [-0.1, -0.05) is 42.5 Å². The van der Waals surface area contributed by atoms with E-state index in [-0.39, 0.29) is 70.1 Å². The Hall–Kier alpha value is -5.96. The predicted molar refractivity (Wildman–Crippen MR) is 211 cm³/mol. The summed E-state index contributed by atoms with van der Waals surface area (Å²) in [6.45, 7) is 0.190. The summed E-state index contributed by atoms with van der Waals surface area (Å²) in [6.07, 6.45) is 0.0492. The Morgan fingerprint density at radius 1 is 0.741 bits per heavy atom. The van der Waals surface area contributed by atoms with E-state index >= 15 is 0 Å². The first-order valence-electron chi connectivity index (χ1n) is 17.3. The van der Waals surface area contributed by atoms with E-state index in [0.717, 1.165) is 12.1 Å². The number of carboxylic acids is 1. The number of carbonyl (C=O) groups excluding carboxylic acids is 1. The number of nitrogens with zero attached hydrogens (tertiary/aromatic N) is 2. The van der Waals surface area contributed by atoms with E-state index in [1.54, 1.807) is 42.5 Å². The van der Waals surface area contributed by atoms with E-state index < -0.39 is 47.1 Å². The zero-order chi connectivity index (χ0) is 42.0. The van der Waals surface area contributed by atoms with E-state index in [2.05, 4.69) is 10.3 Å². The quantitative estimate of drug-likeness (QED) is 0.0661. The number of fused-ring (bicyclic) bond motifs is 2. The van der Waals surface area contributed by atoms with Crippen LogP contribution in [0.4, 0.5) is 5.69 Å². The van der Waals surface area contributed by atoms with Crippen molar-refractivity contribution in [1.29, 1.82) is 0 Å². The molecule has 5 N–H and O–H groups in total. The smallest absolute Gasteiger partial charge is 0.303 e. The highest BCUT2D eigenvalue weighted by Gasteiger charge is 2.26. The highest BCUT2D eigenvalue weighted by Crippen LogP contribution is 2.43. The third kappa shape index (κ3) is 9.59. The Kier molecular flexibility index (Phi) is 11.8. The van der Waals surface area contributed by atoms with Gasteiger partial charge in [0, 0.05) is 66.5 Å². The minimum Gasteiger partial charge on any atom is -0.481 e. The summed E-state index contributed by atoms with van der Waals surface area (Å²) < 4.78 is 107. The monoisotopic (exact) mass is 849 g/mol. The van der Waals surface area contributed by atoms with E-state index in [4.69, 9.17) is 9.52 Å². The number of nitrogens with one attached hydrogen (secondary N) is 1. The number of carboxylic acid groups (broad SMARTS) is 1. The van der Waals surface area contributed by atoms with Crippen molar-refractivity contribution >= 4 is 58.9 Å². The number of anilines is 1. The Balaban J connectivity index is 1.52. The molecule has 0 fully saturated rings. The topological polar surface area (TPSA) is 258 Å². The molecule has 4 aromatic rings. The Morgan fingerprint density at radius 2 is 1.36 bits per heavy atom. The summed E-state index contributed by atoms with van der Waals surface area (Å²) >= 11 is 0. The minimum atomic E-state index is -4.94. The fourth-order valence-corrected chi connectivity index (χ4v) is 7.84. The number of aliphatic carboxylic acids is 1. The molecule has 1 heterocycles. The van der Waals surface area contributed by atoms with E-state index in [1.165, 1.54) is 60.5 Å². The van der Waals surface area contributed by atoms with Gasteiger partial charge in [-0.2, -0.15) is 25.3 Å². The first-order chi connectivity index (χ1) is 27.3. The summed E-state index contributed by atoms with van der Waals surface area (Å²) in [7, 11) is -12.3. The second-order valence-corrected chi connectivity index (χ2v) is 17.4. The number of carbonyl (C=O) groups is 2. The van der Waals surface area contributed by atoms with Gasteiger partial charge in [0.15, 0.2) is 0 Å². The van der Waals surface area contributed by atoms with Gasteiger partial charge in [-0.25, -0.2) is 0 Å². The lowest BCUT2D eigenvalue weighted by molar-refractivity contribution is -0.137. The maximum Gasteiger partial charge on any atom is 0.303 e. The molecular weight excluding hydrogens is 815 g/mol. The Labute approximate surface area is 332 Å². The molecule has 1 aliphatic heterocycles. The molecular formula is C39H35N3O13S3. The average molecular weight is 850 g/mol. The summed E-state index contributed by atoms with van der Waals surface area (Å²) in [5.74, 6) is -1.35. The van der Waals surface area contributed by atoms with Crippen LogP contribution in [0, 0.1) is 0 Å². The summed E-state index contributed by atoms with van der Waals surface area (Å²) in [5, 5.41) is 12.6. The molecule has 302 valence electrons. The van der Waals surface area contributed by atoms with Crippen LogP contribution in [0.3, 0.4) is 0 Å². The van der Waals surface area contributed by atoms with Gasteiger partial charge in [0.25, 0.3) is 36.3 Å². The molecule has 1 amide bonds. The van der Waals surface area contributed by atoms with Crippen molar-refractivity contribution in [2.45, 2.75) is 40.6 Å². The Morgan fingerprint density at radius 3 is 1.97 bits per heavy atom. The summed E-state index contributed by atoms with van der Waals surface area (Å²) in [6, 6.07) is 24.8. The SMILES string of the molecule is CN(CCCC(=O)O)C(=O)c1ccccc1-c1c2cc(S(=O)(=O)O)c(=NCc3ccc(S(=O)(=O)O)cc3)cc-2oc2cc(NCc3ccc(S(=O)(=O)O)cc3)ccc12. The summed E-state index contributed by atoms with van der Waals surface area (Å²) in [4.78, 5) is 29.6.